The number of para-hydroxylation sites is 2. The molecule has 2 rings (SSSR count). The molecule has 0 spiro atoms. The van der Waals surface area contributed by atoms with Crippen molar-refractivity contribution in [2.45, 2.75) is 86.4 Å². The molecule has 0 radical (unpaired) electrons. The SMILES string of the molecule is CCCN(C(=O)C(NC(=O)OC(C)(C)C)C(C)C)C(C(=O)Nc1c(C)cccc1C)c1cccc(C)c1O. The Balaban J connectivity index is 2.59. The van der Waals surface area contributed by atoms with Crippen molar-refractivity contribution in [1.82, 2.24) is 10.2 Å². The fraction of sp³-hybridized carbons (Fsp3) is 0.500. The standard InChI is InChI=1S/C30H43N3O5/c1-10-17-33(28(36)23(18(2)3)32-29(37)38-30(7,8)9)25(22-16-12-15-21(6)26(22)34)27(35)31-24-19(4)13-11-14-20(24)5/h11-16,18,23,25,34H,10,17H2,1-9H3,(H,31,35)(H,32,37). The molecule has 3 amide bonds. The second-order valence-corrected chi connectivity index (χ2v) is 11.1. The summed E-state index contributed by atoms with van der Waals surface area (Å²) in [5.41, 5.74) is 2.58. The van der Waals surface area contributed by atoms with Gasteiger partial charge in [0.15, 0.2) is 0 Å². The lowest BCUT2D eigenvalue weighted by atomic mass is 9.96. The zero-order chi connectivity index (χ0) is 28.8. The first-order valence-electron chi connectivity index (χ1n) is 13.1. The Kier molecular flexibility index (Phi) is 10.3. The van der Waals surface area contributed by atoms with Crippen LogP contribution in [0.4, 0.5) is 10.5 Å². The smallest absolute Gasteiger partial charge is 0.408 e. The van der Waals surface area contributed by atoms with E-state index in [1.165, 1.54) is 4.90 Å². The van der Waals surface area contributed by atoms with Crippen LogP contribution in [0.25, 0.3) is 0 Å². The molecule has 0 aliphatic rings. The van der Waals surface area contributed by atoms with E-state index < -0.39 is 35.6 Å². The Bertz CT molecular complexity index is 1130. The van der Waals surface area contributed by atoms with Crippen molar-refractivity contribution in [2.24, 2.45) is 5.92 Å². The van der Waals surface area contributed by atoms with Crippen LogP contribution in [0.2, 0.25) is 0 Å². The third-order valence-corrected chi connectivity index (χ3v) is 6.21. The highest BCUT2D eigenvalue weighted by molar-refractivity contribution is 6.00. The van der Waals surface area contributed by atoms with Crippen LogP contribution >= 0.6 is 0 Å². The van der Waals surface area contributed by atoms with Crippen LogP contribution in [0.3, 0.4) is 0 Å². The largest absolute Gasteiger partial charge is 0.507 e. The summed E-state index contributed by atoms with van der Waals surface area (Å²) in [5, 5.41) is 16.7. The zero-order valence-electron chi connectivity index (χ0n) is 24.1. The van der Waals surface area contributed by atoms with Gasteiger partial charge >= 0.3 is 6.09 Å². The van der Waals surface area contributed by atoms with Crippen molar-refractivity contribution >= 4 is 23.6 Å². The first-order chi connectivity index (χ1) is 17.7. The van der Waals surface area contributed by atoms with Gasteiger partial charge in [-0.25, -0.2) is 4.79 Å². The van der Waals surface area contributed by atoms with Crippen molar-refractivity contribution in [2.75, 3.05) is 11.9 Å². The molecule has 0 aliphatic heterocycles. The lowest BCUT2D eigenvalue weighted by Gasteiger charge is -2.36. The van der Waals surface area contributed by atoms with E-state index in [1.54, 1.807) is 45.9 Å². The molecule has 2 aromatic carbocycles. The van der Waals surface area contributed by atoms with E-state index in [-0.39, 0.29) is 18.2 Å². The maximum Gasteiger partial charge on any atom is 0.408 e. The van der Waals surface area contributed by atoms with Crippen LogP contribution in [0.15, 0.2) is 36.4 Å². The van der Waals surface area contributed by atoms with Gasteiger partial charge in [-0.1, -0.05) is 57.2 Å². The molecular formula is C30H43N3O5. The molecule has 0 fully saturated rings. The second kappa shape index (κ2) is 12.8. The number of phenols is 1. The highest BCUT2D eigenvalue weighted by Crippen LogP contribution is 2.34. The minimum Gasteiger partial charge on any atom is -0.507 e. The lowest BCUT2D eigenvalue weighted by Crippen LogP contribution is -2.54. The number of aryl methyl sites for hydroxylation is 3. The van der Waals surface area contributed by atoms with E-state index >= 15 is 0 Å². The Morgan fingerprint density at radius 2 is 1.53 bits per heavy atom. The minimum absolute atomic E-state index is 0.0516. The number of amides is 3. The van der Waals surface area contributed by atoms with Gasteiger partial charge in [0.05, 0.1) is 0 Å². The molecular weight excluding hydrogens is 482 g/mol. The molecule has 3 N–H and O–H groups in total. The van der Waals surface area contributed by atoms with Gasteiger partial charge in [-0.15, -0.1) is 0 Å². The fourth-order valence-corrected chi connectivity index (χ4v) is 4.29. The van der Waals surface area contributed by atoms with Gasteiger partial charge in [-0.3, -0.25) is 9.59 Å². The average Bonchev–Trinajstić information content (AvgIpc) is 2.80. The van der Waals surface area contributed by atoms with Gasteiger partial charge < -0.3 is 25.4 Å². The van der Waals surface area contributed by atoms with Crippen LogP contribution in [-0.2, 0) is 14.3 Å². The van der Waals surface area contributed by atoms with Crippen molar-refractivity contribution in [3.63, 3.8) is 0 Å². The second-order valence-electron chi connectivity index (χ2n) is 11.1. The Labute approximate surface area is 226 Å². The number of nitrogens with zero attached hydrogens (tertiary/aromatic N) is 1. The molecule has 0 aliphatic carbocycles. The van der Waals surface area contributed by atoms with Crippen LogP contribution in [0, 0.1) is 26.7 Å². The van der Waals surface area contributed by atoms with Crippen LogP contribution < -0.4 is 10.6 Å². The number of hydrogen-bond donors (Lipinski definition) is 3. The number of rotatable bonds is 9. The molecule has 8 heteroatoms. The summed E-state index contributed by atoms with van der Waals surface area (Å²) in [5.74, 6) is -1.23. The number of nitrogens with one attached hydrogen (secondary N) is 2. The lowest BCUT2D eigenvalue weighted by molar-refractivity contribution is -0.141. The minimum atomic E-state index is -1.14. The quantitative estimate of drug-likeness (QED) is 0.384. The predicted molar refractivity (Wildman–Crippen MR) is 150 cm³/mol. The maximum atomic E-state index is 14.1. The highest BCUT2D eigenvalue weighted by Gasteiger charge is 2.38. The Morgan fingerprint density at radius 3 is 2.05 bits per heavy atom. The third kappa shape index (κ3) is 7.73. The van der Waals surface area contributed by atoms with Crippen LogP contribution in [0.1, 0.15) is 76.3 Å². The monoisotopic (exact) mass is 525 g/mol. The highest BCUT2D eigenvalue weighted by atomic mass is 16.6. The Hall–Kier alpha value is -3.55. The van der Waals surface area contributed by atoms with Crippen molar-refractivity contribution < 1.29 is 24.2 Å². The van der Waals surface area contributed by atoms with Crippen molar-refractivity contribution in [1.29, 1.82) is 0 Å². The molecule has 0 bridgehead atoms. The molecule has 2 atom stereocenters. The molecule has 2 unspecified atom stereocenters. The van der Waals surface area contributed by atoms with Crippen molar-refractivity contribution in [3.8, 4) is 5.75 Å². The Morgan fingerprint density at radius 1 is 0.974 bits per heavy atom. The summed E-state index contributed by atoms with van der Waals surface area (Å²) in [6.07, 6.45) is -0.154. The van der Waals surface area contributed by atoms with Crippen LogP contribution in [0.5, 0.6) is 5.75 Å². The van der Waals surface area contributed by atoms with E-state index in [0.29, 0.717) is 23.2 Å². The predicted octanol–water partition coefficient (Wildman–Crippen LogP) is 5.79. The number of benzene rings is 2. The zero-order valence-corrected chi connectivity index (χ0v) is 24.1. The molecule has 8 nitrogen and oxygen atoms in total. The van der Waals surface area contributed by atoms with Gasteiger partial charge in [0.25, 0.3) is 5.91 Å². The van der Waals surface area contributed by atoms with E-state index in [9.17, 15) is 19.5 Å². The van der Waals surface area contributed by atoms with Crippen LogP contribution in [-0.4, -0.2) is 46.1 Å². The first kappa shape index (κ1) is 30.7. The van der Waals surface area contributed by atoms with Crippen molar-refractivity contribution in [3.05, 3.63) is 58.7 Å². The topological polar surface area (TPSA) is 108 Å². The number of carbonyl (C=O) groups is 3. The van der Waals surface area contributed by atoms with Gasteiger partial charge in [0.2, 0.25) is 5.91 Å². The maximum absolute atomic E-state index is 14.1. The molecule has 0 heterocycles. The summed E-state index contributed by atoms with van der Waals surface area (Å²) in [6, 6.07) is 8.77. The van der Waals surface area contributed by atoms with E-state index in [0.717, 1.165) is 11.1 Å². The van der Waals surface area contributed by atoms with Gasteiger partial charge in [0.1, 0.15) is 23.4 Å². The number of aromatic hydroxyl groups is 1. The number of anilines is 1. The fourth-order valence-electron chi connectivity index (χ4n) is 4.29. The molecule has 0 saturated heterocycles. The number of phenolic OH excluding ortho intramolecular Hbond substituents is 1. The summed E-state index contributed by atoms with van der Waals surface area (Å²) in [6.45, 7) is 16.6. The van der Waals surface area contributed by atoms with E-state index in [1.807, 2.05) is 52.8 Å². The summed E-state index contributed by atoms with van der Waals surface area (Å²) in [4.78, 5) is 42.1. The molecule has 2 aromatic rings. The first-order valence-corrected chi connectivity index (χ1v) is 13.1. The van der Waals surface area contributed by atoms with Gasteiger partial charge in [-0.05, 0) is 70.6 Å². The van der Waals surface area contributed by atoms with Gasteiger partial charge in [-0.2, -0.15) is 0 Å². The number of alkyl carbamates (subject to hydrolysis) is 1. The third-order valence-electron chi connectivity index (χ3n) is 6.21. The summed E-state index contributed by atoms with van der Waals surface area (Å²) in [7, 11) is 0. The number of hydrogen-bond acceptors (Lipinski definition) is 5. The number of ether oxygens (including phenoxy) is 1. The molecule has 0 aromatic heterocycles. The number of carbonyl (C=O) groups excluding carboxylic acids is 3. The summed E-state index contributed by atoms with van der Waals surface area (Å²) >= 11 is 0. The molecule has 0 saturated carbocycles. The molecule has 208 valence electrons. The van der Waals surface area contributed by atoms with E-state index in [2.05, 4.69) is 10.6 Å². The average molecular weight is 526 g/mol. The van der Waals surface area contributed by atoms with E-state index in [4.69, 9.17) is 4.74 Å². The summed E-state index contributed by atoms with van der Waals surface area (Å²) < 4.78 is 5.40. The van der Waals surface area contributed by atoms with Gasteiger partial charge in [0, 0.05) is 17.8 Å². The normalized spacial score (nSPS) is 13.0. The molecule has 38 heavy (non-hydrogen) atoms.